The van der Waals surface area contributed by atoms with E-state index in [1.54, 1.807) is 0 Å². The van der Waals surface area contributed by atoms with Gasteiger partial charge in [-0.15, -0.1) is 0 Å². The average molecular weight is 1050 g/mol. The summed E-state index contributed by atoms with van der Waals surface area (Å²) in [6.07, 6.45) is 88.9. The zero-order chi connectivity index (χ0) is 55.0. The molecule has 430 valence electrons. The van der Waals surface area contributed by atoms with Crippen LogP contribution in [0.1, 0.15) is 271 Å². The van der Waals surface area contributed by atoms with Crippen molar-refractivity contribution in [3.8, 4) is 0 Å². The average Bonchev–Trinajstić information content (AvgIpc) is 3.42. The fourth-order valence-electron chi connectivity index (χ4n) is 8.26. The maximum Gasteiger partial charge on any atom is 0.306 e. The van der Waals surface area contributed by atoms with Crippen molar-refractivity contribution in [1.82, 2.24) is 0 Å². The maximum atomic E-state index is 12.9. The fraction of sp³-hybridized carbons (Fsp3) is 0.643. The zero-order valence-electron chi connectivity index (χ0n) is 49.2. The van der Waals surface area contributed by atoms with Gasteiger partial charge in [0.1, 0.15) is 13.2 Å². The Morgan fingerprint density at radius 1 is 0.276 bits per heavy atom. The van der Waals surface area contributed by atoms with Crippen molar-refractivity contribution in [2.45, 2.75) is 277 Å². The van der Waals surface area contributed by atoms with Crippen LogP contribution in [0.15, 0.2) is 134 Å². The molecule has 0 N–H and O–H groups in total. The van der Waals surface area contributed by atoms with E-state index in [1.807, 2.05) is 0 Å². The van der Waals surface area contributed by atoms with E-state index in [-0.39, 0.29) is 31.1 Å². The molecular weight excluding hydrogens is 937 g/mol. The summed E-state index contributed by atoms with van der Waals surface area (Å²) >= 11 is 0. The molecule has 0 saturated heterocycles. The Kier molecular flexibility index (Phi) is 59.4. The largest absolute Gasteiger partial charge is 0.462 e. The Morgan fingerprint density at radius 3 is 0.816 bits per heavy atom. The second-order valence-corrected chi connectivity index (χ2v) is 20.2. The van der Waals surface area contributed by atoms with Gasteiger partial charge in [-0.2, -0.15) is 0 Å². The Bertz CT molecular complexity index is 1630. The standard InChI is InChI=1S/C70H114O6/c1-4-7-10-13-16-19-22-24-26-28-30-32-34-35-37-38-40-42-44-46-48-51-54-57-60-63-69(72)75-66-67(65-74-68(71)62-59-56-53-50-21-18-15-12-9-6-3)76-70(73)64-61-58-55-52-49-47-45-43-41-39-36-33-31-29-27-25-23-20-17-14-11-8-5-2/h7-8,10-12,15-17,19-20,24-27,30-33,39,41,45,47,67H,4-6,9,13-14,18,21-23,28-29,34-38,40,42-44,46,48-66H2,1-3H3/b10-7-,11-8-,15-12-,19-16-,20-17-,26-24-,27-25-,32-30-,33-31-,41-39-,47-45-. The summed E-state index contributed by atoms with van der Waals surface area (Å²) < 4.78 is 16.9. The van der Waals surface area contributed by atoms with Crippen molar-refractivity contribution in [2.75, 3.05) is 13.2 Å². The predicted molar refractivity (Wildman–Crippen MR) is 329 cm³/mol. The number of hydrogen-bond donors (Lipinski definition) is 0. The third kappa shape index (κ3) is 60.4. The van der Waals surface area contributed by atoms with Crippen LogP contribution < -0.4 is 0 Å². The fourth-order valence-corrected chi connectivity index (χ4v) is 8.26. The van der Waals surface area contributed by atoms with E-state index in [9.17, 15) is 14.4 Å². The molecule has 0 rings (SSSR count). The topological polar surface area (TPSA) is 78.9 Å². The molecule has 1 unspecified atom stereocenters. The smallest absolute Gasteiger partial charge is 0.306 e. The summed E-state index contributed by atoms with van der Waals surface area (Å²) in [7, 11) is 0. The molecule has 6 heteroatoms. The number of esters is 3. The number of allylic oxidation sites excluding steroid dienone is 22. The number of unbranched alkanes of at least 4 members (excludes halogenated alkanes) is 22. The van der Waals surface area contributed by atoms with Crippen molar-refractivity contribution < 1.29 is 28.6 Å². The lowest BCUT2D eigenvalue weighted by molar-refractivity contribution is -0.167. The first-order valence-electron chi connectivity index (χ1n) is 31.2. The van der Waals surface area contributed by atoms with Crippen LogP contribution in [-0.4, -0.2) is 37.2 Å². The molecule has 1 atom stereocenters. The molecule has 0 aromatic heterocycles. The molecule has 6 nitrogen and oxygen atoms in total. The SMILES string of the molecule is CC/C=C\C/C=C\C/C=C\C/C=C\C/C=C\C/C=C\CCCCCCC(=O)OC(COC(=O)CCCCCCC/C=C\CCC)COC(=O)CCCCCCCCCCCCCC/C=C\C/C=C\C/C=C\C/C=C\CC. The molecular formula is C70H114O6. The molecule has 0 heterocycles. The number of carbonyl (C=O) groups excluding carboxylic acids is 3. The second kappa shape index (κ2) is 63.1. The van der Waals surface area contributed by atoms with Gasteiger partial charge in [-0.25, -0.2) is 0 Å². The summed E-state index contributed by atoms with van der Waals surface area (Å²) in [5.74, 6) is -0.934. The number of rotatable bonds is 55. The highest BCUT2D eigenvalue weighted by molar-refractivity contribution is 5.71. The van der Waals surface area contributed by atoms with Gasteiger partial charge in [0.15, 0.2) is 6.10 Å². The minimum atomic E-state index is -0.801. The first kappa shape index (κ1) is 71.5. The highest BCUT2D eigenvalue weighted by Gasteiger charge is 2.19. The van der Waals surface area contributed by atoms with E-state index in [4.69, 9.17) is 14.2 Å². The van der Waals surface area contributed by atoms with Crippen LogP contribution in [0, 0.1) is 0 Å². The maximum absolute atomic E-state index is 12.9. The third-order valence-electron chi connectivity index (χ3n) is 12.9. The van der Waals surface area contributed by atoms with Gasteiger partial charge in [0.2, 0.25) is 0 Å². The lowest BCUT2D eigenvalue weighted by atomic mass is 10.0. The van der Waals surface area contributed by atoms with Crippen LogP contribution in [-0.2, 0) is 28.6 Å². The first-order chi connectivity index (χ1) is 37.5. The van der Waals surface area contributed by atoms with Gasteiger partial charge in [0.25, 0.3) is 0 Å². The van der Waals surface area contributed by atoms with E-state index >= 15 is 0 Å². The van der Waals surface area contributed by atoms with Gasteiger partial charge >= 0.3 is 17.9 Å². The molecule has 0 aromatic carbocycles. The Morgan fingerprint density at radius 2 is 0.513 bits per heavy atom. The predicted octanol–water partition coefficient (Wildman–Crippen LogP) is 21.4. The van der Waals surface area contributed by atoms with Crippen molar-refractivity contribution in [3.63, 3.8) is 0 Å². The van der Waals surface area contributed by atoms with Crippen LogP contribution in [0.4, 0.5) is 0 Å². The summed E-state index contributed by atoms with van der Waals surface area (Å²) in [5.41, 5.74) is 0. The number of carbonyl (C=O) groups is 3. The van der Waals surface area contributed by atoms with E-state index in [1.165, 1.54) is 77.0 Å². The summed E-state index contributed by atoms with van der Waals surface area (Å²) in [5, 5.41) is 0. The van der Waals surface area contributed by atoms with E-state index in [0.717, 1.165) is 154 Å². The van der Waals surface area contributed by atoms with E-state index in [2.05, 4.69) is 154 Å². The molecule has 0 aliphatic rings. The molecule has 76 heavy (non-hydrogen) atoms. The van der Waals surface area contributed by atoms with Crippen molar-refractivity contribution in [3.05, 3.63) is 134 Å². The van der Waals surface area contributed by atoms with E-state index < -0.39 is 6.10 Å². The Hall–Kier alpha value is -4.45. The second-order valence-electron chi connectivity index (χ2n) is 20.2. The molecule has 0 bridgehead atoms. The highest BCUT2D eigenvalue weighted by atomic mass is 16.6. The van der Waals surface area contributed by atoms with E-state index in [0.29, 0.717) is 19.3 Å². The molecule has 0 aliphatic heterocycles. The molecule has 0 aromatic rings. The lowest BCUT2D eigenvalue weighted by Gasteiger charge is -2.18. The van der Waals surface area contributed by atoms with Gasteiger partial charge in [-0.05, 0) is 128 Å². The summed E-state index contributed by atoms with van der Waals surface area (Å²) in [6.45, 7) is 6.33. The number of hydrogen-bond acceptors (Lipinski definition) is 6. The highest BCUT2D eigenvalue weighted by Crippen LogP contribution is 2.15. The van der Waals surface area contributed by atoms with Crippen molar-refractivity contribution in [1.29, 1.82) is 0 Å². The molecule has 0 amide bonds. The van der Waals surface area contributed by atoms with Crippen LogP contribution in [0.25, 0.3) is 0 Å². The molecule has 0 spiro atoms. The van der Waals surface area contributed by atoms with Gasteiger partial charge in [-0.1, -0.05) is 257 Å². The van der Waals surface area contributed by atoms with Crippen LogP contribution in [0.5, 0.6) is 0 Å². The van der Waals surface area contributed by atoms with Crippen molar-refractivity contribution in [2.24, 2.45) is 0 Å². The molecule has 0 radical (unpaired) electrons. The Balaban J connectivity index is 4.33. The minimum Gasteiger partial charge on any atom is -0.462 e. The zero-order valence-corrected chi connectivity index (χ0v) is 49.2. The van der Waals surface area contributed by atoms with Crippen molar-refractivity contribution >= 4 is 17.9 Å². The summed E-state index contributed by atoms with van der Waals surface area (Å²) in [6, 6.07) is 0. The quantitative estimate of drug-likeness (QED) is 0.0261. The van der Waals surface area contributed by atoms with Gasteiger partial charge in [0, 0.05) is 19.3 Å². The lowest BCUT2D eigenvalue weighted by Crippen LogP contribution is -2.30. The monoisotopic (exact) mass is 1050 g/mol. The van der Waals surface area contributed by atoms with Crippen LogP contribution in [0.3, 0.4) is 0 Å². The molecule has 0 saturated carbocycles. The minimum absolute atomic E-state index is 0.0954. The van der Waals surface area contributed by atoms with Gasteiger partial charge in [-0.3, -0.25) is 14.4 Å². The van der Waals surface area contributed by atoms with Gasteiger partial charge < -0.3 is 14.2 Å². The molecule has 0 fully saturated rings. The normalized spacial score (nSPS) is 13.0. The summed E-state index contributed by atoms with van der Waals surface area (Å²) in [4.78, 5) is 38.2. The Labute approximate surface area is 468 Å². The van der Waals surface area contributed by atoms with Crippen LogP contribution >= 0.6 is 0 Å². The molecule has 0 aliphatic carbocycles. The number of ether oxygens (including phenoxy) is 3. The van der Waals surface area contributed by atoms with Gasteiger partial charge in [0.05, 0.1) is 0 Å². The van der Waals surface area contributed by atoms with Crippen LogP contribution in [0.2, 0.25) is 0 Å². The third-order valence-corrected chi connectivity index (χ3v) is 12.9. The first-order valence-corrected chi connectivity index (χ1v) is 31.2.